The Morgan fingerprint density at radius 1 is 0.947 bits per heavy atom. The lowest BCUT2D eigenvalue weighted by Gasteiger charge is -2.22. The van der Waals surface area contributed by atoms with Crippen LogP contribution in [0.2, 0.25) is 0 Å². The lowest BCUT2D eigenvalue weighted by Crippen LogP contribution is -2.22. The molecule has 0 saturated heterocycles. The first-order chi connectivity index (χ1) is 8.99. The van der Waals surface area contributed by atoms with Gasteiger partial charge in [-0.1, -0.05) is 18.2 Å². The molecule has 19 heavy (non-hydrogen) atoms. The Hall–Kier alpha value is -1.12. The van der Waals surface area contributed by atoms with Crippen molar-refractivity contribution in [2.24, 2.45) is 0 Å². The molecule has 0 spiro atoms. The van der Waals surface area contributed by atoms with E-state index < -0.39 is 0 Å². The van der Waals surface area contributed by atoms with E-state index in [1.54, 1.807) is 0 Å². The van der Waals surface area contributed by atoms with Crippen LogP contribution in [0.15, 0.2) is 29.6 Å². The zero-order valence-electron chi connectivity index (χ0n) is 12.4. The van der Waals surface area contributed by atoms with E-state index in [4.69, 9.17) is 0 Å². The maximum atomic E-state index is 3.70. The maximum Gasteiger partial charge on any atom is 0.0391 e. The van der Waals surface area contributed by atoms with Gasteiger partial charge in [0.1, 0.15) is 0 Å². The third kappa shape index (κ3) is 3.26. The van der Waals surface area contributed by atoms with Gasteiger partial charge in [0.15, 0.2) is 0 Å². The summed E-state index contributed by atoms with van der Waals surface area (Å²) in [5.74, 6) is 0. The molecule has 2 heteroatoms. The molecule has 0 aliphatic heterocycles. The summed E-state index contributed by atoms with van der Waals surface area (Å²) in [5.41, 5.74) is 5.53. The Morgan fingerprint density at radius 3 is 2.26 bits per heavy atom. The van der Waals surface area contributed by atoms with E-state index in [9.17, 15) is 0 Å². The van der Waals surface area contributed by atoms with E-state index in [2.05, 4.69) is 69.6 Å². The molecule has 2 atom stereocenters. The van der Waals surface area contributed by atoms with Crippen LogP contribution in [0.3, 0.4) is 0 Å². The summed E-state index contributed by atoms with van der Waals surface area (Å²) in [6, 6.07) is 9.70. The summed E-state index contributed by atoms with van der Waals surface area (Å²) in [6.07, 6.45) is 0. The van der Waals surface area contributed by atoms with E-state index in [1.165, 1.54) is 27.1 Å². The number of thiophene rings is 1. The zero-order valence-corrected chi connectivity index (χ0v) is 13.3. The van der Waals surface area contributed by atoms with Crippen molar-refractivity contribution in [3.8, 4) is 0 Å². The summed E-state index contributed by atoms with van der Waals surface area (Å²) in [5, 5.41) is 5.83. The van der Waals surface area contributed by atoms with Crippen molar-refractivity contribution >= 4 is 11.3 Å². The molecule has 0 amide bonds. The maximum absolute atomic E-state index is 3.70. The van der Waals surface area contributed by atoms with Crippen molar-refractivity contribution in [1.82, 2.24) is 5.32 Å². The molecule has 1 aromatic heterocycles. The van der Waals surface area contributed by atoms with Crippen LogP contribution in [0.25, 0.3) is 0 Å². The number of benzene rings is 1. The Morgan fingerprint density at radius 2 is 1.63 bits per heavy atom. The van der Waals surface area contributed by atoms with Crippen LogP contribution >= 0.6 is 11.3 Å². The molecular formula is C17H23NS. The van der Waals surface area contributed by atoms with Crippen molar-refractivity contribution in [1.29, 1.82) is 0 Å². The fourth-order valence-electron chi connectivity index (χ4n) is 2.53. The van der Waals surface area contributed by atoms with Gasteiger partial charge in [0.2, 0.25) is 0 Å². The van der Waals surface area contributed by atoms with Crippen LogP contribution < -0.4 is 5.32 Å². The van der Waals surface area contributed by atoms with Gasteiger partial charge in [0.25, 0.3) is 0 Å². The quantitative estimate of drug-likeness (QED) is 0.818. The van der Waals surface area contributed by atoms with Crippen molar-refractivity contribution < 1.29 is 0 Å². The minimum Gasteiger partial charge on any atom is -0.303 e. The summed E-state index contributed by atoms with van der Waals surface area (Å²) in [6.45, 7) is 11.1. The molecule has 1 heterocycles. The molecule has 0 bridgehead atoms. The average Bonchev–Trinajstić information content (AvgIpc) is 2.87. The molecule has 1 nitrogen and oxygen atoms in total. The molecule has 0 radical (unpaired) electrons. The Labute approximate surface area is 120 Å². The first kappa shape index (κ1) is 14.3. The van der Waals surface area contributed by atoms with Gasteiger partial charge in [0, 0.05) is 17.0 Å². The largest absolute Gasteiger partial charge is 0.303 e. The topological polar surface area (TPSA) is 12.0 Å². The normalized spacial score (nSPS) is 14.4. The van der Waals surface area contributed by atoms with Crippen LogP contribution in [-0.4, -0.2) is 0 Å². The number of hydrogen-bond acceptors (Lipinski definition) is 2. The number of nitrogens with one attached hydrogen (secondary N) is 1. The summed E-state index contributed by atoms with van der Waals surface area (Å²) >= 11 is 1.82. The third-order valence-corrected chi connectivity index (χ3v) is 4.87. The highest BCUT2D eigenvalue weighted by Crippen LogP contribution is 2.26. The van der Waals surface area contributed by atoms with Crippen LogP contribution in [0.1, 0.15) is 53.1 Å². The highest BCUT2D eigenvalue weighted by Gasteiger charge is 2.14. The highest BCUT2D eigenvalue weighted by molar-refractivity contribution is 7.10. The van der Waals surface area contributed by atoms with Crippen molar-refractivity contribution in [2.45, 2.75) is 46.7 Å². The standard InChI is InChI=1S/C17H23NS/c1-11-9-13(3)16(10-12(11)2)14(4)18-15(5)17-7-6-8-19-17/h6-10,14-15,18H,1-5H3. The van der Waals surface area contributed by atoms with Gasteiger partial charge in [-0.2, -0.15) is 0 Å². The minimum absolute atomic E-state index is 0.372. The zero-order chi connectivity index (χ0) is 14.0. The first-order valence-corrected chi connectivity index (χ1v) is 7.74. The molecule has 1 aromatic carbocycles. The molecule has 0 fully saturated rings. The van der Waals surface area contributed by atoms with E-state index in [0.29, 0.717) is 12.1 Å². The predicted molar refractivity (Wildman–Crippen MR) is 84.9 cm³/mol. The second-order valence-electron chi connectivity index (χ2n) is 5.42. The molecule has 1 N–H and O–H groups in total. The monoisotopic (exact) mass is 273 g/mol. The first-order valence-electron chi connectivity index (χ1n) is 6.86. The van der Waals surface area contributed by atoms with Gasteiger partial charge in [-0.3, -0.25) is 0 Å². The van der Waals surface area contributed by atoms with Crippen molar-refractivity contribution in [3.05, 3.63) is 56.8 Å². The van der Waals surface area contributed by atoms with Gasteiger partial charge in [-0.05, 0) is 68.3 Å². The number of rotatable bonds is 4. The summed E-state index contributed by atoms with van der Waals surface area (Å²) in [4.78, 5) is 1.40. The van der Waals surface area contributed by atoms with Gasteiger partial charge in [-0.25, -0.2) is 0 Å². The molecule has 0 saturated carbocycles. The number of hydrogen-bond donors (Lipinski definition) is 1. The molecule has 0 aliphatic rings. The van der Waals surface area contributed by atoms with Crippen LogP contribution in [0, 0.1) is 20.8 Å². The summed E-state index contributed by atoms with van der Waals surface area (Å²) < 4.78 is 0. The van der Waals surface area contributed by atoms with Crippen LogP contribution in [-0.2, 0) is 0 Å². The molecule has 102 valence electrons. The third-order valence-electron chi connectivity index (χ3n) is 3.82. The summed E-state index contributed by atoms with van der Waals surface area (Å²) in [7, 11) is 0. The van der Waals surface area contributed by atoms with Gasteiger partial charge in [0.05, 0.1) is 0 Å². The van der Waals surface area contributed by atoms with E-state index >= 15 is 0 Å². The SMILES string of the molecule is Cc1cc(C)c(C(C)NC(C)c2cccs2)cc1C. The van der Waals surface area contributed by atoms with Gasteiger partial charge in [-0.15, -0.1) is 11.3 Å². The predicted octanol–water partition coefficient (Wildman–Crippen LogP) is 5.09. The second-order valence-corrected chi connectivity index (χ2v) is 6.40. The van der Waals surface area contributed by atoms with Crippen LogP contribution in [0.4, 0.5) is 0 Å². The number of aryl methyl sites for hydroxylation is 3. The van der Waals surface area contributed by atoms with E-state index in [-0.39, 0.29) is 0 Å². The smallest absolute Gasteiger partial charge is 0.0391 e. The average molecular weight is 273 g/mol. The molecule has 2 rings (SSSR count). The lowest BCUT2D eigenvalue weighted by atomic mass is 9.96. The van der Waals surface area contributed by atoms with E-state index in [0.717, 1.165) is 0 Å². The molecular weight excluding hydrogens is 250 g/mol. The van der Waals surface area contributed by atoms with Gasteiger partial charge < -0.3 is 5.32 Å². The molecule has 2 unspecified atom stereocenters. The highest BCUT2D eigenvalue weighted by atomic mass is 32.1. The molecule has 2 aromatic rings. The second kappa shape index (κ2) is 5.89. The van der Waals surface area contributed by atoms with Crippen LogP contribution in [0.5, 0.6) is 0 Å². The Kier molecular flexibility index (Phi) is 4.43. The fourth-order valence-corrected chi connectivity index (χ4v) is 3.28. The van der Waals surface area contributed by atoms with Gasteiger partial charge >= 0.3 is 0 Å². The lowest BCUT2D eigenvalue weighted by molar-refractivity contribution is 0.498. The van der Waals surface area contributed by atoms with Crippen molar-refractivity contribution in [2.75, 3.05) is 0 Å². The minimum atomic E-state index is 0.372. The molecule has 0 aliphatic carbocycles. The van der Waals surface area contributed by atoms with Crippen molar-refractivity contribution in [3.63, 3.8) is 0 Å². The Bertz CT molecular complexity index is 543. The fraction of sp³-hybridized carbons (Fsp3) is 0.412. The van der Waals surface area contributed by atoms with E-state index in [1.807, 2.05) is 11.3 Å². The Balaban J connectivity index is 2.16.